The van der Waals surface area contributed by atoms with Crippen LogP contribution in [0.15, 0.2) is 16.6 Å². The number of hydrogen-bond donors (Lipinski definition) is 1. The van der Waals surface area contributed by atoms with E-state index in [4.69, 9.17) is 17.3 Å². The van der Waals surface area contributed by atoms with E-state index in [-0.39, 0.29) is 10.6 Å². The maximum absolute atomic E-state index is 13.5. The zero-order valence-electron chi connectivity index (χ0n) is 7.35. The van der Waals surface area contributed by atoms with Crippen molar-refractivity contribution in [3.63, 3.8) is 0 Å². The molecule has 0 saturated heterocycles. The summed E-state index contributed by atoms with van der Waals surface area (Å²) in [4.78, 5) is 10.8. The van der Waals surface area contributed by atoms with Gasteiger partial charge in [0.2, 0.25) is 5.91 Å². The van der Waals surface area contributed by atoms with Crippen molar-refractivity contribution in [1.82, 2.24) is 0 Å². The fourth-order valence-corrected chi connectivity index (χ4v) is 1.51. The minimum Gasteiger partial charge on any atom is -0.369 e. The molecule has 0 aliphatic rings. The molecule has 2 nitrogen and oxygen atoms in total. The van der Waals surface area contributed by atoms with Crippen LogP contribution in [0.4, 0.5) is 4.39 Å². The summed E-state index contributed by atoms with van der Waals surface area (Å²) in [5.74, 6) is -1.87. The van der Waals surface area contributed by atoms with Crippen LogP contribution in [0.1, 0.15) is 18.4 Å². The summed E-state index contributed by atoms with van der Waals surface area (Å²) in [7, 11) is 0. The highest BCUT2D eigenvalue weighted by Crippen LogP contribution is 2.30. The number of carbonyl (C=O) groups is 1. The van der Waals surface area contributed by atoms with Gasteiger partial charge in [0, 0.05) is 10.0 Å². The Hall–Kier alpha value is -0.610. The number of benzene rings is 1. The summed E-state index contributed by atoms with van der Waals surface area (Å²) >= 11 is 8.74. The minimum absolute atomic E-state index is 0.0319. The molecule has 1 amide bonds. The van der Waals surface area contributed by atoms with Crippen LogP contribution in [0.25, 0.3) is 0 Å². The molecular formula is C9H8BrClFNO. The van der Waals surface area contributed by atoms with Crippen molar-refractivity contribution in [1.29, 1.82) is 0 Å². The first-order chi connectivity index (χ1) is 6.45. The first-order valence-corrected chi connectivity index (χ1v) is 5.05. The quantitative estimate of drug-likeness (QED) is 0.832. The summed E-state index contributed by atoms with van der Waals surface area (Å²) in [5, 5.41) is -0.0319. The van der Waals surface area contributed by atoms with Crippen LogP contribution in [0.3, 0.4) is 0 Å². The number of primary amides is 1. The Balaban J connectivity index is 3.24. The normalized spacial score (nSPS) is 12.6. The van der Waals surface area contributed by atoms with Gasteiger partial charge in [0.1, 0.15) is 5.82 Å². The van der Waals surface area contributed by atoms with Gasteiger partial charge < -0.3 is 5.73 Å². The van der Waals surface area contributed by atoms with Crippen molar-refractivity contribution in [2.45, 2.75) is 12.8 Å². The molecule has 0 heterocycles. The zero-order valence-corrected chi connectivity index (χ0v) is 9.69. The van der Waals surface area contributed by atoms with E-state index in [1.54, 1.807) is 6.07 Å². The Bertz CT molecular complexity index is 383. The van der Waals surface area contributed by atoms with Crippen molar-refractivity contribution < 1.29 is 9.18 Å². The fraction of sp³-hybridized carbons (Fsp3) is 0.222. The van der Waals surface area contributed by atoms with E-state index in [1.165, 1.54) is 13.0 Å². The van der Waals surface area contributed by atoms with Crippen LogP contribution in [-0.2, 0) is 4.79 Å². The van der Waals surface area contributed by atoms with Crippen LogP contribution in [0.2, 0.25) is 5.02 Å². The monoisotopic (exact) mass is 279 g/mol. The molecule has 1 atom stereocenters. The number of hydrogen-bond acceptors (Lipinski definition) is 1. The van der Waals surface area contributed by atoms with Gasteiger partial charge in [0.05, 0.1) is 10.9 Å². The van der Waals surface area contributed by atoms with E-state index >= 15 is 0 Å². The van der Waals surface area contributed by atoms with Crippen LogP contribution in [0, 0.1) is 5.82 Å². The average molecular weight is 281 g/mol. The number of halogens is 3. The number of nitrogens with two attached hydrogens (primary N) is 1. The Kier molecular flexibility index (Phi) is 3.50. The molecule has 2 N–H and O–H groups in total. The Morgan fingerprint density at radius 2 is 2.21 bits per heavy atom. The lowest BCUT2D eigenvalue weighted by molar-refractivity contribution is -0.119. The van der Waals surface area contributed by atoms with E-state index in [0.717, 1.165) is 0 Å². The van der Waals surface area contributed by atoms with E-state index in [1.807, 2.05) is 0 Å². The molecule has 0 radical (unpaired) electrons. The van der Waals surface area contributed by atoms with Gasteiger partial charge in [-0.3, -0.25) is 4.79 Å². The van der Waals surface area contributed by atoms with Crippen molar-refractivity contribution in [2.24, 2.45) is 5.73 Å². The highest BCUT2D eigenvalue weighted by atomic mass is 79.9. The molecule has 1 aromatic rings. The second-order valence-electron chi connectivity index (χ2n) is 2.89. The molecule has 0 spiro atoms. The molecule has 1 unspecified atom stereocenters. The molecular weight excluding hydrogens is 272 g/mol. The first kappa shape index (κ1) is 11.5. The predicted molar refractivity (Wildman–Crippen MR) is 56.7 cm³/mol. The van der Waals surface area contributed by atoms with Crippen LogP contribution < -0.4 is 5.73 Å². The maximum atomic E-state index is 13.5. The third kappa shape index (κ3) is 2.07. The smallest absolute Gasteiger partial charge is 0.224 e. The molecule has 5 heteroatoms. The van der Waals surface area contributed by atoms with Gasteiger partial charge in [-0.25, -0.2) is 4.39 Å². The molecule has 1 aromatic carbocycles. The van der Waals surface area contributed by atoms with Crippen molar-refractivity contribution in [3.8, 4) is 0 Å². The van der Waals surface area contributed by atoms with Gasteiger partial charge in [-0.2, -0.15) is 0 Å². The lowest BCUT2D eigenvalue weighted by Crippen LogP contribution is -2.19. The largest absolute Gasteiger partial charge is 0.369 e. The van der Waals surface area contributed by atoms with Crippen molar-refractivity contribution in [3.05, 3.63) is 33.0 Å². The standard InChI is InChI=1S/C9H8BrClFNO/c1-4(9(13)14)5-2-3-6(10)7(11)8(5)12/h2-4H,1H3,(H2,13,14). The third-order valence-corrected chi connectivity index (χ3v) is 3.22. The second-order valence-corrected chi connectivity index (χ2v) is 4.12. The third-order valence-electron chi connectivity index (χ3n) is 1.96. The Labute approximate surface area is 94.4 Å². The van der Waals surface area contributed by atoms with Gasteiger partial charge >= 0.3 is 0 Å². The van der Waals surface area contributed by atoms with Gasteiger partial charge in [0.25, 0.3) is 0 Å². The molecule has 0 saturated carbocycles. The molecule has 0 fully saturated rings. The number of amides is 1. The maximum Gasteiger partial charge on any atom is 0.224 e. The summed E-state index contributed by atoms with van der Waals surface area (Å²) in [6, 6.07) is 3.07. The molecule has 14 heavy (non-hydrogen) atoms. The van der Waals surface area contributed by atoms with Crippen molar-refractivity contribution >= 4 is 33.4 Å². The molecule has 76 valence electrons. The summed E-state index contributed by atoms with van der Waals surface area (Å²) in [6.45, 7) is 1.53. The van der Waals surface area contributed by atoms with E-state index in [0.29, 0.717) is 4.47 Å². The predicted octanol–water partition coefficient (Wildman–Crippen LogP) is 2.83. The number of rotatable bonds is 2. The first-order valence-electron chi connectivity index (χ1n) is 3.88. The van der Waals surface area contributed by atoms with E-state index in [9.17, 15) is 9.18 Å². The van der Waals surface area contributed by atoms with Crippen LogP contribution in [-0.4, -0.2) is 5.91 Å². The minimum atomic E-state index is -0.680. The number of carbonyl (C=O) groups excluding carboxylic acids is 1. The van der Waals surface area contributed by atoms with Crippen LogP contribution >= 0.6 is 27.5 Å². The van der Waals surface area contributed by atoms with Gasteiger partial charge in [-0.1, -0.05) is 17.7 Å². The zero-order chi connectivity index (χ0) is 10.9. The Morgan fingerprint density at radius 3 is 2.71 bits per heavy atom. The van der Waals surface area contributed by atoms with E-state index in [2.05, 4.69) is 15.9 Å². The lowest BCUT2D eigenvalue weighted by atomic mass is 10.0. The topological polar surface area (TPSA) is 43.1 Å². The Morgan fingerprint density at radius 1 is 1.64 bits per heavy atom. The molecule has 0 bridgehead atoms. The summed E-state index contributed by atoms with van der Waals surface area (Å²) < 4.78 is 14.0. The highest BCUT2D eigenvalue weighted by molar-refractivity contribution is 9.10. The van der Waals surface area contributed by atoms with Gasteiger partial charge in [0.15, 0.2) is 0 Å². The summed E-state index contributed by atoms with van der Waals surface area (Å²) in [5.41, 5.74) is 5.28. The van der Waals surface area contributed by atoms with Crippen molar-refractivity contribution in [2.75, 3.05) is 0 Å². The van der Waals surface area contributed by atoms with E-state index < -0.39 is 17.6 Å². The van der Waals surface area contributed by atoms with Gasteiger partial charge in [-0.15, -0.1) is 0 Å². The second kappa shape index (κ2) is 4.28. The highest BCUT2D eigenvalue weighted by Gasteiger charge is 2.19. The molecule has 0 aliphatic heterocycles. The van der Waals surface area contributed by atoms with Crippen LogP contribution in [0.5, 0.6) is 0 Å². The molecule has 0 aliphatic carbocycles. The fourth-order valence-electron chi connectivity index (χ4n) is 1.03. The van der Waals surface area contributed by atoms with Gasteiger partial charge in [-0.05, 0) is 28.9 Å². The SMILES string of the molecule is CC(C(N)=O)c1ccc(Br)c(Cl)c1F. The molecule has 0 aromatic heterocycles. The lowest BCUT2D eigenvalue weighted by Gasteiger charge is -2.10. The average Bonchev–Trinajstić information content (AvgIpc) is 2.13. The summed E-state index contributed by atoms with van der Waals surface area (Å²) in [6.07, 6.45) is 0. The molecule has 1 rings (SSSR count).